The molecule has 2 aliphatic heterocycles. The molecule has 0 aliphatic carbocycles. The van der Waals surface area contributed by atoms with E-state index in [1.165, 1.54) is 31.6 Å². The number of hydrogen-bond acceptors (Lipinski definition) is 4. The molecule has 1 N–H and O–H groups in total. The van der Waals surface area contributed by atoms with Crippen LogP contribution >= 0.6 is 0 Å². The molecule has 0 saturated carbocycles. The normalized spacial score (nSPS) is 22.1. The van der Waals surface area contributed by atoms with Gasteiger partial charge in [-0.2, -0.15) is 0 Å². The monoisotopic (exact) mass is 304 g/mol. The van der Waals surface area contributed by atoms with E-state index in [2.05, 4.69) is 48.3 Å². The van der Waals surface area contributed by atoms with Crippen molar-refractivity contribution in [2.75, 3.05) is 31.6 Å². The van der Waals surface area contributed by atoms with Gasteiger partial charge in [0.2, 0.25) is 0 Å². The highest BCUT2D eigenvalue weighted by Crippen LogP contribution is 2.26. The van der Waals surface area contributed by atoms with Crippen LogP contribution in [0, 0.1) is 0 Å². The summed E-state index contributed by atoms with van der Waals surface area (Å²) in [5, 5.41) is 3.68. The lowest BCUT2D eigenvalue weighted by Crippen LogP contribution is -2.42. The largest absolute Gasteiger partial charge is 0.382 e. The third-order valence-electron chi connectivity index (χ3n) is 4.62. The predicted octanol–water partition coefficient (Wildman–Crippen LogP) is 3.41. The molecule has 0 bridgehead atoms. The Bertz CT molecular complexity index is 464. The summed E-state index contributed by atoms with van der Waals surface area (Å²) in [5.41, 5.74) is 2.29. The van der Waals surface area contributed by atoms with Crippen molar-refractivity contribution < 1.29 is 9.47 Å². The lowest BCUT2D eigenvalue weighted by Gasteiger charge is -2.35. The minimum absolute atomic E-state index is 0.196. The van der Waals surface area contributed by atoms with Gasteiger partial charge in [-0.25, -0.2) is 0 Å². The van der Waals surface area contributed by atoms with Crippen molar-refractivity contribution in [1.82, 2.24) is 4.90 Å². The van der Waals surface area contributed by atoms with Crippen LogP contribution in [0.5, 0.6) is 0 Å². The van der Waals surface area contributed by atoms with Crippen molar-refractivity contribution in [3.63, 3.8) is 0 Å². The molecule has 122 valence electrons. The Morgan fingerprint density at radius 3 is 2.55 bits per heavy atom. The second-order valence-electron chi connectivity index (χ2n) is 6.60. The number of likely N-dealkylation sites (tertiary alicyclic amines) is 1. The number of nitrogens with zero attached hydrogens (tertiary/aromatic N) is 1. The van der Waals surface area contributed by atoms with Crippen LogP contribution in [0.2, 0.25) is 0 Å². The Labute approximate surface area is 133 Å². The van der Waals surface area contributed by atoms with Crippen molar-refractivity contribution in [3.8, 4) is 0 Å². The molecule has 2 saturated heterocycles. The van der Waals surface area contributed by atoms with Gasteiger partial charge >= 0.3 is 0 Å². The zero-order valence-electron chi connectivity index (χ0n) is 13.8. The molecule has 1 aromatic rings. The maximum atomic E-state index is 5.69. The summed E-state index contributed by atoms with van der Waals surface area (Å²) in [6, 6.07) is 9.71. The predicted molar refractivity (Wildman–Crippen MR) is 89.1 cm³/mol. The first-order valence-corrected chi connectivity index (χ1v) is 8.56. The van der Waals surface area contributed by atoms with Gasteiger partial charge in [-0.05, 0) is 45.2 Å². The summed E-state index contributed by atoms with van der Waals surface area (Å²) in [6.45, 7) is 8.50. The standard InChI is InChI=1S/C18H28N2O2/c1-14(2)20-9-7-16(8-10-20)19-17-6-3-5-15(13-17)18-21-11-4-12-22-18/h3,5-6,13-14,16,18-19H,4,7-12H2,1-2H3. The minimum atomic E-state index is -0.196. The smallest absolute Gasteiger partial charge is 0.183 e. The van der Waals surface area contributed by atoms with E-state index in [9.17, 15) is 0 Å². The Morgan fingerprint density at radius 2 is 1.86 bits per heavy atom. The fraction of sp³-hybridized carbons (Fsp3) is 0.667. The van der Waals surface area contributed by atoms with Gasteiger partial charge in [0.05, 0.1) is 13.2 Å². The second kappa shape index (κ2) is 7.44. The summed E-state index contributed by atoms with van der Waals surface area (Å²) in [5.74, 6) is 0. The Morgan fingerprint density at radius 1 is 1.14 bits per heavy atom. The highest BCUT2D eigenvalue weighted by molar-refractivity contribution is 5.47. The zero-order valence-corrected chi connectivity index (χ0v) is 13.8. The molecule has 0 aromatic heterocycles. The maximum Gasteiger partial charge on any atom is 0.183 e. The number of rotatable bonds is 4. The van der Waals surface area contributed by atoms with Crippen LogP contribution in [0.25, 0.3) is 0 Å². The molecular weight excluding hydrogens is 276 g/mol. The first-order chi connectivity index (χ1) is 10.7. The van der Waals surface area contributed by atoms with E-state index < -0.39 is 0 Å². The average Bonchev–Trinajstić information content (AvgIpc) is 2.56. The van der Waals surface area contributed by atoms with Crippen molar-refractivity contribution in [3.05, 3.63) is 29.8 Å². The van der Waals surface area contributed by atoms with E-state index >= 15 is 0 Å². The highest BCUT2D eigenvalue weighted by Gasteiger charge is 2.21. The molecule has 0 amide bonds. The Kier molecular flexibility index (Phi) is 5.34. The summed E-state index contributed by atoms with van der Waals surface area (Å²) in [4.78, 5) is 2.55. The average molecular weight is 304 g/mol. The SMILES string of the molecule is CC(C)N1CCC(Nc2cccc(C3OCCCO3)c2)CC1. The summed E-state index contributed by atoms with van der Waals surface area (Å²) in [6.07, 6.45) is 3.21. The van der Waals surface area contributed by atoms with Crippen molar-refractivity contribution in [1.29, 1.82) is 0 Å². The summed E-state index contributed by atoms with van der Waals surface area (Å²) < 4.78 is 11.4. The van der Waals surface area contributed by atoms with Crippen LogP contribution in [-0.4, -0.2) is 43.3 Å². The number of nitrogens with one attached hydrogen (secondary N) is 1. The number of piperidine rings is 1. The molecule has 2 fully saturated rings. The number of anilines is 1. The number of benzene rings is 1. The van der Waals surface area contributed by atoms with Gasteiger partial charge in [0.15, 0.2) is 6.29 Å². The molecular formula is C18H28N2O2. The van der Waals surface area contributed by atoms with E-state index in [0.717, 1.165) is 25.2 Å². The fourth-order valence-electron chi connectivity index (χ4n) is 3.25. The van der Waals surface area contributed by atoms with Gasteiger partial charge < -0.3 is 19.7 Å². The van der Waals surface area contributed by atoms with E-state index in [1.807, 2.05) is 0 Å². The third kappa shape index (κ3) is 4.00. The Balaban J connectivity index is 1.56. The minimum Gasteiger partial charge on any atom is -0.382 e. The van der Waals surface area contributed by atoms with Crippen molar-refractivity contribution >= 4 is 5.69 Å². The topological polar surface area (TPSA) is 33.7 Å². The summed E-state index contributed by atoms with van der Waals surface area (Å²) in [7, 11) is 0. The van der Waals surface area contributed by atoms with Gasteiger partial charge in [-0.1, -0.05) is 12.1 Å². The quantitative estimate of drug-likeness (QED) is 0.924. The molecule has 0 unspecified atom stereocenters. The lowest BCUT2D eigenvalue weighted by atomic mass is 10.0. The second-order valence-corrected chi connectivity index (χ2v) is 6.60. The van der Waals surface area contributed by atoms with Gasteiger partial charge in [-0.3, -0.25) is 0 Å². The van der Waals surface area contributed by atoms with E-state index in [0.29, 0.717) is 12.1 Å². The number of ether oxygens (including phenoxy) is 2. The van der Waals surface area contributed by atoms with Gasteiger partial charge in [0.25, 0.3) is 0 Å². The summed E-state index contributed by atoms with van der Waals surface area (Å²) >= 11 is 0. The molecule has 0 atom stereocenters. The first-order valence-electron chi connectivity index (χ1n) is 8.56. The molecule has 2 aliphatic rings. The van der Waals surface area contributed by atoms with Crippen LogP contribution in [0.1, 0.15) is 45.0 Å². The van der Waals surface area contributed by atoms with Gasteiger partial charge in [-0.15, -0.1) is 0 Å². The Hall–Kier alpha value is -1.10. The van der Waals surface area contributed by atoms with Crippen molar-refractivity contribution in [2.45, 2.75) is 51.5 Å². The van der Waals surface area contributed by atoms with E-state index in [-0.39, 0.29) is 6.29 Å². The maximum absolute atomic E-state index is 5.69. The van der Waals surface area contributed by atoms with E-state index in [4.69, 9.17) is 9.47 Å². The van der Waals surface area contributed by atoms with Crippen LogP contribution in [0.4, 0.5) is 5.69 Å². The number of hydrogen-bond donors (Lipinski definition) is 1. The zero-order chi connectivity index (χ0) is 15.4. The first kappa shape index (κ1) is 15.8. The molecule has 0 spiro atoms. The molecule has 22 heavy (non-hydrogen) atoms. The van der Waals surface area contributed by atoms with Crippen LogP contribution < -0.4 is 5.32 Å². The lowest BCUT2D eigenvalue weighted by molar-refractivity contribution is -0.183. The van der Waals surface area contributed by atoms with Crippen LogP contribution in [0.15, 0.2) is 24.3 Å². The van der Waals surface area contributed by atoms with Gasteiger partial charge in [0.1, 0.15) is 0 Å². The van der Waals surface area contributed by atoms with Crippen molar-refractivity contribution in [2.24, 2.45) is 0 Å². The molecule has 4 nitrogen and oxygen atoms in total. The molecule has 3 rings (SSSR count). The van der Waals surface area contributed by atoms with Gasteiger partial charge in [0, 0.05) is 36.4 Å². The van der Waals surface area contributed by atoms with E-state index in [1.54, 1.807) is 0 Å². The van der Waals surface area contributed by atoms with Crippen LogP contribution in [0.3, 0.4) is 0 Å². The molecule has 1 aromatic carbocycles. The molecule has 2 heterocycles. The van der Waals surface area contributed by atoms with Crippen LogP contribution in [-0.2, 0) is 9.47 Å². The fourth-order valence-corrected chi connectivity index (χ4v) is 3.25. The molecule has 4 heteroatoms. The molecule has 0 radical (unpaired) electrons. The highest BCUT2D eigenvalue weighted by atomic mass is 16.7. The third-order valence-corrected chi connectivity index (χ3v) is 4.62.